The highest BCUT2D eigenvalue weighted by atomic mass is 79.9. The molecule has 1 aromatic rings. The van der Waals surface area contributed by atoms with Crippen molar-refractivity contribution in [3.05, 3.63) is 28.7 Å². The minimum Gasteiger partial charge on any atom is -0.372 e. The molecule has 1 N–H and O–H groups in total. The highest BCUT2D eigenvalue weighted by Gasteiger charge is 2.25. The van der Waals surface area contributed by atoms with Gasteiger partial charge < -0.3 is 9.64 Å². The van der Waals surface area contributed by atoms with Gasteiger partial charge in [0.15, 0.2) is 0 Å². The van der Waals surface area contributed by atoms with E-state index in [4.69, 9.17) is 4.74 Å². The Labute approximate surface area is 145 Å². The number of hydrogen-bond acceptors (Lipinski definition) is 4. The Hall–Kier alpha value is -0.960. The van der Waals surface area contributed by atoms with Crippen LogP contribution in [-0.4, -0.2) is 51.1 Å². The maximum atomic E-state index is 12.2. The van der Waals surface area contributed by atoms with E-state index in [1.807, 2.05) is 13.8 Å². The quantitative estimate of drug-likeness (QED) is 0.810. The molecule has 1 fully saturated rings. The van der Waals surface area contributed by atoms with Gasteiger partial charge in [-0.15, -0.1) is 0 Å². The molecule has 1 saturated heterocycles. The molecule has 0 radical (unpaired) electrons. The number of nitrogens with one attached hydrogen (secondary N) is 1. The number of carbonyl (C=O) groups is 1. The molecule has 1 amide bonds. The van der Waals surface area contributed by atoms with Crippen molar-refractivity contribution >= 4 is 31.9 Å². The largest absolute Gasteiger partial charge is 0.372 e. The molecule has 0 aliphatic carbocycles. The summed E-state index contributed by atoms with van der Waals surface area (Å²) in [5.74, 6) is -0.0643. The lowest BCUT2D eigenvalue weighted by Crippen LogP contribution is -2.48. The van der Waals surface area contributed by atoms with Gasteiger partial charge in [0, 0.05) is 30.5 Å². The van der Waals surface area contributed by atoms with Crippen molar-refractivity contribution < 1.29 is 17.9 Å². The molecule has 1 aliphatic rings. The Bertz CT molecular complexity index is 638. The molecule has 0 unspecified atom stereocenters. The summed E-state index contributed by atoms with van der Waals surface area (Å²) in [5, 5.41) is 0. The predicted octanol–water partition coefficient (Wildman–Crippen LogP) is 1.75. The fraction of sp³-hybridized carbons (Fsp3) is 0.533. The summed E-state index contributed by atoms with van der Waals surface area (Å²) in [5.41, 5.74) is 0. The van der Waals surface area contributed by atoms with Crippen LogP contribution in [0.3, 0.4) is 0 Å². The normalized spacial score (nSPS) is 22.1. The average molecular weight is 405 g/mol. The van der Waals surface area contributed by atoms with E-state index >= 15 is 0 Å². The third kappa shape index (κ3) is 5.27. The molecule has 1 heterocycles. The van der Waals surface area contributed by atoms with Crippen molar-refractivity contribution in [3.63, 3.8) is 0 Å². The van der Waals surface area contributed by atoms with Crippen LogP contribution in [0.2, 0.25) is 0 Å². The van der Waals surface area contributed by atoms with Crippen molar-refractivity contribution in [1.82, 2.24) is 9.62 Å². The average Bonchev–Trinajstić information content (AvgIpc) is 2.46. The number of nitrogens with zero attached hydrogens (tertiary/aromatic N) is 1. The molecular formula is C15H21BrN2O4S. The van der Waals surface area contributed by atoms with Gasteiger partial charge in [0.2, 0.25) is 15.9 Å². The molecule has 0 bridgehead atoms. The first-order chi connectivity index (χ1) is 10.8. The summed E-state index contributed by atoms with van der Waals surface area (Å²) < 4.78 is 33.1. The maximum absolute atomic E-state index is 12.2. The molecule has 0 saturated carbocycles. The van der Waals surface area contributed by atoms with Gasteiger partial charge in [-0.3, -0.25) is 4.79 Å². The Morgan fingerprint density at radius 1 is 1.26 bits per heavy atom. The number of amides is 1. The van der Waals surface area contributed by atoms with Gasteiger partial charge in [-0.1, -0.05) is 15.9 Å². The van der Waals surface area contributed by atoms with Crippen LogP contribution in [0, 0.1) is 0 Å². The fourth-order valence-electron chi connectivity index (χ4n) is 2.53. The first-order valence-corrected chi connectivity index (χ1v) is 9.74. The molecule has 23 heavy (non-hydrogen) atoms. The second-order valence-electron chi connectivity index (χ2n) is 5.66. The number of carbonyl (C=O) groups excluding carboxylic acids is 1. The van der Waals surface area contributed by atoms with Crippen molar-refractivity contribution in [3.8, 4) is 0 Å². The van der Waals surface area contributed by atoms with E-state index in [0.717, 1.165) is 4.47 Å². The van der Waals surface area contributed by atoms with E-state index in [-0.39, 0.29) is 36.0 Å². The van der Waals surface area contributed by atoms with Crippen molar-refractivity contribution in [2.24, 2.45) is 0 Å². The molecule has 6 nitrogen and oxygen atoms in total. The molecule has 1 aromatic carbocycles. The summed E-state index contributed by atoms with van der Waals surface area (Å²) in [6.07, 6.45) is 0.138. The van der Waals surface area contributed by atoms with Gasteiger partial charge in [-0.05, 0) is 38.1 Å². The van der Waals surface area contributed by atoms with Gasteiger partial charge in [0.05, 0.1) is 17.1 Å². The standard InChI is InChI=1S/C15H21BrN2O4S/c1-11-9-18(10-12(2)22-11)15(19)7-8-17-23(20,21)14-5-3-13(16)4-6-14/h3-6,11-12,17H,7-10H2,1-2H3/t11-,12+. The minimum absolute atomic E-state index is 0.00200. The van der Waals surface area contributed by atoms with Crippen molar-refractivity contribution in [2.45, 2.75) is 37.4 Å². The third-order valence-electron chi connectivity index (χ3n) is 3.53. The second-order valence-corrected chi connectivity index (χ2v) is 8.34. The van der Waals surface area contributed by atoms with Crippen LogP contribution in [0.5, 0.6) is 0 Å². The van der Waals surface area contributed by atoms with E-state index in [1.165, 1.54) is 12.1 Å². The van der Waals surface area contributed by atoms with E-state index in [9.17, 15) is 13.2 Å². The Morgan fingerprint density at radius 2 is 1.83 bits per heavy atom. The highest BCUT2D eigenvalue weighted by molar-refractivity contribution is 9.10. The molecule has 0 spiro atoms. The van der Waals surface area contributed by atoms with Crippen LogP contribution >= 0.6 is 15.9 Å². The maximum Gasteiger partial charge on any atom is 0.240 e. The number of hydrogen-bond donors (Lipinski definition) is 1. The van der Waals surface area contributed by atoms with Crippen LogP contribution in [0.25, 0.3) is 0 Å². The first-order valence-electron chi connectivity index (χ1n) is 7.46. The molecule has 128 valence electrons. The van der Waals surface area contributed by atoms with Gasteiger partial charge in [0.1, 0.15) is 0 Å². The highest BCUT2D eigenvalue weighted by Crippen LogP contribution is 2.15. The molecule has 8 heteroatoms. The summed E-state index contributed by atoms with van der Waals surface area (Å²) in [4.78, 5) is 14.1. The van der Waals surface area contributed by atoms with E-state index < -0.39 is 10.0 Å². The molecular weight excluding hydrogens is 384 g/mol. The topological polar surface area (TPSA) is 75.7 Å². The lowest BCUT2D eigenvalue weighted by molar-refractivity contribution is -0.143. The number of benzene rings is 1. The van der Waals surface area contributed by atoms with E-state index in [1.54, 1.807) is 17.0 Å². The smallest absolute Gasteiger partial charge is 0.240 e. The van der Waals surface area contributed by atoms with Gasteiger partial charge in [-0.2, -0.15) is 0 Å². The number of rotatable bonds is 5. The van der Waals surface area contributed by atoms with Crippen LogP contribution < -0.4 is 4.72 Å². The monoisotopic (exact) mass is 404 g/mol. The van der Waals surface area contributed by atoms with Crippen LogP contribution in [0.4, 0.5) is 0 Å². The number of halogens is 1. The Balaban J connectivity index is 1.86. The van der Waals surface area contributed by atoms with Gasteiger partial charge in [-0.25, -0.2) is 13.1 Å². The van der Waals surface area contributed by atoms with Crippen molar-refractivity contribution in [2.75, 3.05) is 19.6 Å². The lowest BCUT2D eigenvalue weighted by atomic mass is 10.2. The van der Waals surface area contributed by atoms with Gasteiger partial charge in [0.25, 0.3) is 0 Å². The van der Waals surface area contributed by atoms with Crippen LogP contribution in [0.1, 0.15) is 20.3 Å². The molecule has 1 aliphatic heterocycles. The summed E-state index contributed by atoms with van der Waals surface area (Å²) in [7, 11) is -3.59. The van der Waals surface area contributed by atoms with Crippen LogP contribution in [-0.2, 0) is 19.6 Å². The summed E-state index contributed by atoms with van der Waals surface area (Å²) in [6, 6.07) is 6.35. The second kappa shape index (κ2) is 7.74. The zero-order chi connectivity index (χ0) is 17.0. The molecule has 2 atom stereocenters. The van der Waals surface area contributed by atoms with Gasteiger partial charge >= 0.3 is 0 Å². The Morgan fingerprint density at radius 3 is 2.39 bits per heavy atom. The Kier molecular flexibility index (Phi) is 6.19. The van der Waals surface area contributed by atoms with Crippen molar-refractivity contribution in [1.29, 1.82) is 0 Å². The van der Waals surface area contributed by atoms with Crippen LogP contribution in [0.15, 0.2) is 33.6 Å². The predicted molar refractivity (Wildman–Crippen MR) is 90.5 cm³/mol. The lowest BCUT2D eigenvalue weighted by Gasteiger charge is -2.35. The third-order valence-corrected chi connectivity index (χ3v) is 5.53. The zero-order valence-corrected chi connectivity index (χ0v) is 15.6. The number of morpholine rings is 1. The number of ether oxygens (including phenoxy) is 1. The first kappa shape index (κ1) is 18.4. The zero-order valence-electron chi connectivity index (χ0n) is 13.2. The minimum atomic E-state index is -3.59. The van der Waals surface area contributed by atoms with E-state index in [2.05, 4.69) is 20.7 Å². The summed E-state index contributed by atoms with van der Waals surface area (Å²) in [6.45, 7) is 5.01. The SMILES string of the molecule is C[C@@H]1CN(C(=O)CCNS(=O)(=O)c2ccc(Br)cc2)C[C@H](C)O1. The van der Waals surface area contributed by atoms with E-state index in [0.29, 0.717) is 13.1 Å². The number of sulfonamides is 1. The fourth-order valence-corrected chi connectivity index (χ4v) is 3.83. The molecule has 2 rings (SSSR count). The summed E-state index contributed by atoms with van der Waals surface area (Å²) >= 11 is 3.26. The molecule has 0 aromatic heterocycles.